The van der Waals surface area contributed by atoms with E-state index in [2.05, 4.69) is 6.92 Å². The molecule has 0 unspecified atom stereocenters. The molecule has 1 aromatic carbocycles. The standard InChI is InChI=1S/C19H28N2O5/c1-5-6-9-20(2)19(23)16-12-26-13-18(22)21(16)11-14-7-8-15(24-3)10-17(14)25-4/h7-8,10,16H,5-6,9,11-13H2,1-4H3/t16-/m0/s1. The zero-order valence-corrected chi connectivity index (χ0v) is 16.0. The number of unbranched alkanes of at least 4 members (excludes halogenated alkanes) is 1. The molecule has 2 rings (SSSR count). The molecule has 0 N–H and O–H groups in total. The lowest BCUT2D eigenvalue weighted by atomic mass is 10.1. The number of amides is 2. The summed E-state index contributed by atoms with van der Waals surface area (Å²) in [4.78, 5) is 28.5. The smallest absolute Gasteiger partial charge is 0.249 e. The summed E-state index contributed by atoms with van der Waals surface area (Å²) in [7, 11) is 4.92. The first-order valence-electron chi connectivity index (χ1n) is 8.84. The number of morpholine rings is 1. The van der Waals surface area contributed by atoms with Gasteiger partial charge in [0.15, 0.2) is 0 Å². The van der Waals surface area contributed by atoms with Crippen LogP contribution in [0.4, 0.5) is 0 Å². The van der Waals surface area contributed by atoms with Crippen LogP contribution in [-0.2, 0) is 20.9 Å². The molecule has 7 nitrogen and oxygen atoms in total. The normalized spacial score (nSPS) is 17.2. The first-order valence-corrected chi connectivity index (χ1v) is 8.84. The van der Waals surface area contributed by atoms with Gasteiger partial charge in [0.1, 0.15) is 24.1 Å². The van der Waals surface area contributed by atoms with Crippen LogP contribution >= 0.6 is 0 Å². The summed E-state index contributed by atoms with van der Waals surface area (Å²) in [5.74, 6) is 0.996. The molecule has 1 aliphatic rings. The second-order valence-corrected chi connectivity index (χ2v) is 6.34. The highest BCUT2D eigenvalue weighted by Gasteiger charge is 2.36. The molecule has 1 aliphatic heterocycles. The number of hydrogen-bond donors (Lipinski definition) is 0. The summed E-state index contributed by atoms with van der Waals surface area (Å²) in [6, 6.07) is 4.81. The van der Waals surface area contributed by atoms with Gasteiger partial charge < -0.3 is 24.0 Å². The summed E-state index contributed by atoms with van der Waals surface area (Å²) in [5.41, 5.74) is 0.817. The van der Waals surface area contributed by atoms with Crippen molar-refractivity contribution in [1.29, 1.82) is 0 Å². The number of carbonyl (C=O) groups excluding carboxylic acids is 2. The number of nitrogens with zero attached hydrogens (tertiary/aromatic N) is 2. The number of rotatable bonds is 8. The highest BCUT2D eigenvalue weighted by molar-refractivity contribution is 5.89. The number of carbonyl (C=O) groups is 2. The van der Waals surface area contributed by atoms with Crippen molar-refractivity contribution in [2.45, 2.75) is 32.4 Å². The Morgan fingerprint density at radius 2 is 2.12 bits per heavy atom. The molecule has 0 spiro atoms. The van der Waals surface area contributed by atoms with E-state index in [9.17, 15) is 9.59 Å². The maximum Gasteiger partial charge on any atom is 0.249 e. The Hall–Kier alpha value is -2.28. The SMILES string of the molecule is CCCCN(C)C(=O)[C@@H]1COCC(=O)N1Cc1ccc(OC)cc1OC. The summed E-state index contributed by atoms with van der Waals surface area (Å²) >= 11 is 0. The fraction of sp³-hybridized carbons (Fsp3) is 0.579. The molecule has 7 heteroatoms. The zero-order valence-electron chi connectivity index (χ0n) is 16.0. The molecule has 1 heterocycles. The summed E-state index contributed by atoms with van der Waals surface area (Å²) < 4.78 is 16.0. The van der Waals surface area contributed by atoms with Crippen LogP contribution in [-0.4, -0.2) is 68.7 Å². The van der Waals surface area contributed by atoms with Crippen molar-refractivity contribution < 1.29 is 23.8 Å². The van der Waals surface area contributed by atoms with Gasteiger partial charge in [0, 0.05) is 25.2 Å². The third-order valence-corrected chi connectivity index (χ3v) is 4.54. The van der Waals surface area contributed by atoms with Crippen LogP contribution in [0.25, 0.3) is 0 Å². The Labute approximate surface area is 154 Å². The van der Waals surface area contributed by atoms with Gasteiger partial charge in [0.2, 0.25) is 11.8 Å². The Balaban J connectivity index is 2.20. The van der Waals surface area contributed by atoms with Crippen LogP contribution < -0.4 is 9.47 Å². The number of ether oxygens (including phenoxy) is 3. The molecule has 1 aromatic rings. The molecular formula is C19H28N2O5. The van der Waals surface area contributed by atoms with E-state index in [1.54, 1.807) is 37.1 Å². The quantitative estimate of drug-likeness (QED) is 0.702. The van der Waals surface area contributed by atoms with E-state index in [0.717, 1.165) is 18.4 Å². The Kier molecular flexibility index (Phi) is 7.26. The molecule has 144 valence electrons. The van der Waals surface area contributed by atoms with Crippen LogP contribution in [0.3, 0.4) is 0 Å². The van der Waals surface area contributed by atoms with Crippen molar-refractivity contribution in [3.63, 3.8) is 0 Å². The average Bonchev–Trinajstić information content (AvgIpc) is 2.67. The van der Waals surface area contributed by atoms with E-state index >= 15 is 0 Å². The molecule has 26 heavy (non-hydrogen) atoms. The minimum absolute atomic E-state index is 0.0130. The van der Waals surface area contributed by atoms with Gasteiger partial charge in [0.25, 0.3) is 0 Å². The Morgan fingerprint density at radius 3 is 2.77 bits per heavy atom. The van der Waals surface area contributed by atoms with E-state index in [1.165, 1.54) is 0 Å². The number of methoxy groups -OCH3 is 2. The topological polar surface area (TPSA) is 68.3 Å². The molecule has 1 saturated heterocycles. The monoisotopic (exact) mass is 364 g/mol. The maximum atomic E-state index is 12.8. The molecule has 0 radical (unpaired) electrons. The summed E-state index contributed by atoms with van der Waals surface area (Å²) in [5, 5.41) is 0. The average molecular weight is 364 g/mol. The first kappa shape index (κ1) is 20.0. The molecular weight excluding hydrogens is 336 g/mol. The summed E-state index contributed by atoms with van der Waals surface area (Å²) in [6.07, 6.45) is 1.93. The van der Waals surface area contributed by atoms with E-state index in [4.69, 9.17) is 14.2 Å². The summed E-state index contributed by atoms with van der Waals surface area (Å²) in [6.45, 7) is 3.22. The molecule has 0 bridgehead atoms. The fourth-order valence-electron chi connectivity index (χ4n) is 2.93. The van der Waals surface area contributed by atoms with Crippen LogP contribution in [0, 0.1) is 0 Å². The van der Waals surface area contributed by atoms with Crippen LogP contribution in [0.1, 0.15) is 25.3 Å². The van der Waals surface area contributed by atoms with Crippen LogP contribution in [0.2, 0.25) is 0 Å². The van der Waals surface area contributed by atoms with E-state index in [1.807, 2.05) is 12.1 Å². The van der Waals surface area contributed by atoms with Crippen LogP contribution in [0.5, 0.6) is 11.5 Å². The highest BCUT2D eigenvalue weighted by Crippen LogP contribution is 2.27. The molecule has 2 amide bonds. The lowest BCUT2D eigenvalue weighted by Gasteiger charge is -2.36. The third-order valence-electron chi connectivity index (χ3n) is 4.54. The van der Waals surface area contributed by atoms with Gasteiger partial charge in [-0.05, 0) is 18.6 Å². The molecule has 1 atom stereocenters. The predicted octanol–water partition coefficient (Wildman–Crippen LogP) is 1.69. The first-order chi connectivity index (χ1) is 12.5. The largest absolute Gasteiger partial charge is 0.497 e. The lowest BCUT2D eigenvalue weighted by molar-refractivity contribution is -0.159. The van der Waals surface area contributed by atoms with Crippen LogP contribution in [0.15, 0.2) is 18.2 Å². The predicted molar refractivity (Wildman–Crippen MR) is 97.2 cm³/mol. The van der Waals surface area contributed by atoms with E-state index in [-0.39, 0.29) is 31.6 Å². The fourth-order valence-corrected chi connectivity index (χ4v) is 2.93. The third kappa shape index (κ3) is 4.66. The zero-order chi connectivity index (χ0) is 19.1. The number of benzene rings is 1. The van der Waals surface area contributed by atoms with Gasteiger partial charge in [-0.2, -0.15) is 0 Å². The van der Waals surface area contributed by atoms with Gasteiger partial charge in [0.05, 0.1) is 27.4 Å². The second-order valence-electron chi connectivity index (χ2n) is 6.34. The number of likely N-dealkylation sites (N-methyl/N-ethyl adjacent to an activating group) is 1. The number of hydrogen-bond acceptors (Lipinski definition) is 5. The van der Waals surface area contributed by atoms with Gasteiger partial charge in [-0.25, -0.2) is 0 Å². The van der Waals surface area contributed by atoms with Crippen molar-refractivity contribution in [1.82, 2.24) is 9.80 Å². The maximum absolute atomic E-state index is 12.8. The van der Waals surface area contributed by atoms with Crippen molar-refractivity contribution in [3.05, 3.63) is 23.8 Å². The van der Waals surface area contributed by atoms with Gasteiger partial charge in [-0.15, -0.1) is 0 Å². The van der Waals surface area contributed by atoms with Gasteiger partial charge >= 0.3 is 0 Å². The van der Waals surface area contributed by atoms with E-state index in [0.29, 0.717) is 18.0 Å². The minimum Gasteiger partial charge on any atom is -0.497 e. The van der Waals surface area contributed by atoms with Crippen molar-refractivity contribution >= 4 is 11.8 Å². The van der Waals surface area contributed by atoms with Crippen molar-refractivity contribution in [2.75, 3.05) is 41.0 Å². The molecule has 0 aromatic heterocycles. The lowest BCUT2D eigenvalue weighted by Crippen LogP contribution is -2.56. The van der Waals surface area contributed by atoms with Gasteiger partial charge in [-0.1, -0.05) is 13.3 Å². The Morgan fingerprint density at radius 1 is 1.35 bits per heavy atom. The minimum atomic E-state index is -0.620. The molecule has 0 aliphatic carbocycles. The Bertz CT molecular complexity index is 634. The van der Waals surface area contributed by atoms with E-state index < -0.39 is 6.04 Å². The second kappa shape index (κ2) is 9.43. The highest BCUT2D eigenvalue weighted by atomic mass is 16.5. The molecule has 0 saturated carbocycles. The van der Waals surface area contributed by atoms with Crippen molar-refractivity contribution in [3.8, 4) is 11.5 Å². The van der Waals surface area contributed by atoms with Gasteiger partial charge in [-0.3, -0.25) is 9.59 Å². The van der Waals surface area contributed by atoms with Crippen molar-refractivity contribution in [2.24, 2.45) is 0 Å². The molecule has 1 fully saturated rings.